The minimum Gasteiger partial charge on any atom is -0.447 e. The zero-order chi connectivity index (χ0) is 23.4. The number of rotatable bonds is 7. The monoisotopic (exact) mass is 446 g/mol. The molecule has 1 fully saturated rings. The number of aliphatic hydroxyl groups excluding tert-OH is 1. The van der Waals surface area contributed by atoms with Crippen molar-refractivity contribution < 1.29 is 19.1 Å². The molecule has 176 valence electrons. The van der Waals surface area contributed by atoms with Crippen LogP contribution in [-0.4, -0.2) is 69.6 Å². The highest BCUT2D eigenvalue weighted by atomic mass is 16.6. The largest absolute Gasteiger partial charge is 0.447 e. The van der Waals surface area contributed by atoms with E-state index in [2.05, 4.69) is 26.5 Å². The highest BCUT2D eigenvalue weighted by Crippen LogP contribution is 2.27. The smallest absolute Gasteiger partial charge is 0.410 e. The molecule has 1 unspecified atom stereocenters. The van der Waals surface area contributed by atoms with Crippen LogP contribution in [0.1, 0.15) is 49.4 Å². The average molecular weight is 447 g/mol. The number of benzene rings is 1. The number of carbonyl (C=O) groups is 1. The standard InChI is InChI=1S/C22H34N6O4/c1-13(2)31-22(30)28-8-6-27(7-9-28)12-17-10-14(3)11-18(15(17)4)24-21-26-25-20(32-21)19(23)16(5)29/h10-11,13,16,19,29H,6-9,12,23H2,1-5H3,(H,24,26)/t16-,19?/m1/s1. The van der Waals surface area contributed by atoms with Gasteiger partial charge in [0.1, 0.15) is 6.04 Å². The van der Waals surface area contributed by atoms with Gasteiger partial charge in [0, 0.05) is 38.4 Å². The molecule has 0 radical (unpaired) electrons. The lowest BCUT2D eigenvalue weighted by atomic mass is 10.0. The summed E-state index contributed by atoms with van der Waals surface area (Å²) in [7, 11) is 0. The molecule has 0 saturated carbocycles. The Kier molecular flexibility index (Phi) is 7.70. The van der Waals surface area contributed by atoms with Crippen LogP contribution in [0.5, 0.6) is 0 Å². The summed E-state index contributed by atoms with van der Waals surface area (Å²) in [6.07, 6.45) is -1.14. The Morgan fingerprint density at radius 3 is 2.53 bits per heavy atom. The summed E-state index contributed by atoms with van der Waals surface area (Å²) >= 11 is 0. The Balaban J connectivity index is 1.65. The van der Waals surface area contributed by atoms with Crippen LogP contribution in [0.2, 0.25) is 0 Å². The van der Waals surface area contributed by atoms with Crippen LogP contribution in [0.4, 0.5) is 16.5 Å². The third-order valence-corrected chi connectivity index (χ3v) is 5.51. The van der Waals surface area contributed by atoms with Gasteiger partial charge in [0.05, 0.1) is 12.2 Å². The lowest BCUT2D eigenvalue weighted by Crippen LogP contribution is -2.48. The van der Waals surface area contributed by atoms with Crippen molar-refractivity contribution in [2.45, 2.75) is 59.4 Å². The molecule has 32 heavy (non-hydrogen) atoms. The maximum atomic E-state index is 12.1. The summed E-state index contributed by atoms with van der Waals surface area (Å²) in [6, 6.07) is 3.69. The number of hydrogen-bond donors (Lipinski definition) is 3. The molecule has 10 heteroatoms. The quantitative estimate of drug-likeness (QED) is 0.587. The van der Waals surface area contributed by atoms with Crippen LogP contribution in [0.3, 0.4) is 0 Å². The Bertz CT molecular complexity index is 921. The first-order valence-electron chi connectivity index (χ1n) is 11.0. The number of nitrogens with zero attached hydrogens (tertiary/aromatic N) is 4. The van der Waals surface area contributed by atoms with Gasteiger partial charge < -0.3 is 30.2 Å². The second-order valence-corrected chi connectivity index (χ2v) is 8.63. The molecule has 1 amide bonds. The highest BCUT2D eigenvalue weighted by molar-refractivity contribution is 5.68. The van der Waals surface area contributed by atoms with Crippen LogP contribution >= 0.6 is 0 Å². The Labute approximate surface area is 188 Å². The number of nitrogens with two attached hydrogens (primary N) is 1. The Hall–Kier alpha value is -2.69. The van der Waals surface area contributed by atoms with E-state index in [1.807, 2.05) is 33.8 Å². The number of aromatic nitrogens is 2. The topological polar surface area (TPSA) is 130 Å². The maximum Gasteiger partial charge on any atom is 0.410 e. The van der Waals surface area contributed by atoms with E-state index in [4.69, 9.17) is 14.9 Å². The molecule has 1 aliphatic rings. The summed E-state index contributed by atoms with van der Waals surface area (Å²) in [5.74, 6) is 0.182. The minimum atomic E-state index is -0.789. The van der Waals surface area contributed by atoms with Crippen molar-refractivity contribution in [3.05, 3.63) is 34.7 Å². The summed E-state index contributed by atoms with van der Waals surface area (Å²) in [5, 5.41) is 20.7. The molecular formula is C22H34N6O4. The average Bonchev–Trinajstić information content (AvgIpc) is 3.19. The number of piperazine rings is 1. The van der Waals surface area contributed by atoms with Gasteiger partial charge in [0.2, 0.25) is 5.89 Å². The molecule has 0 bridgehead atoms. The number of aliphatic hydroxyl groups is 1. The Morgan fingerprint density at radius 1 is 1.22 bits per heavy atom. The van der Waals surface area contributed by atoms with Crippen molar-refractivity contribution in [2.75, 3.05) is 31.5 Å². The lowest BCUT2D eigenvalue weighted by molar-refractivity contribution is 0.0559. The summed E-state index contributed by atoms with van der Waals surface area (Å²) in [6.45, 7) is 13.0. The summed E-state index contributed by atoms with van der Waals surface area (Å²) < 4.78 is 10.9. The van der Waals surface area contributed by atoms with Gasteiger partial charge in [-0.1, -0.05) is 11.2 Å². The van der Waals surface area contributed by atoms with Gasteiger partial charge in [0.15, 0.2) is 0 Å². The molecule has 1 aromatic carbocycles. The highest BCUT2D eigenvalue weighted by Gasteiger charge is 2.24. The predicted octanol–water partition coefficient (Wildman–Crippen LogP) is 2.47. The molecule has 10 nitrogen and oxygen atoms in total. The fraction of sp³-hybridized carbons (Fsp3) is 0.591. The van der Waals surface area contributed by atoms with Crippen molar-refractivity contribution >= 4 is 17.8 Å². The first-order chi connectivity index (χ1) is 15.1. The van der Waals surface area contributed by atoms with E-state index in [1.54, 1.807) is 11.8 Å². The first kappa shape index (κ1) is 24.0. The van der Waals surface area contributed by atoms with Crippen LogP contribution < -0.4 is 11.1 Å². The van der Waals surface area contributed by atoms with E-state index in [0.29, 0.717) is 13.1 Å². The number of anilines is 2. The molecule has 2 atom stereocenters. The van der Waals surface area contributed by atoms with E-state index >= 15 is 0 Å². The number of nitrogens with one attached hydrogen (secondary N) is 1. The van der Waals surface area contributed by atoms with E-state index < -0.39 is 12.1 Å². The predicted molar refractivity (Wildman–Crippen MR) is 121 cm³/mol. The molecular weight excluding hydrogens is 412 g/mol. The molecule has 4 N–H and O–H groups in total. The second-order valence-electron chi connectivity index (χ2n) is 8.63. The SMILES string of the molecule is Cc1cc(CN2CCN(C(=O)OC(C)C)CC2)c(C)c(Nc2nnc(C(N)[C@@H](C)O)o2)c1. The van der Waals surface area contributed by atoms with Crippen molar-refractivity contribution in [2.24, 2.45) is 5.73 Å². The number of carbonyl (C=O) groups excluding carboxylic acids is 1. The number of amides is 1. The van der Waals surface area contributed by atoms with E-state index in [1.165, 1.54) is 5.56 Å². The van der Waals surface area contributed by atoms with Crippen molar-refractivity contribution in [3.8, 4) is 0 Å². The van der Waals surface area contributed by atoms with Crippen LogP contribution in [0.15, 0.2) is 16.5 Å². The van der Waals surface area contributed by atoms with Crippen molar-refractivity contribution in [1.29, 1.82) is 0 Å². The lowest BCUT2D eigenvalue weighted by Gasteiger charge is -2.34. The Morgan fingerprint density at radius 2 is 1.91 bits per heavy atom. The fourth-order valence-electron chi connectivity index (χ4n) is 3.57. The van der Waals surface area contributed by atoms with Crippen molar-refractivity contribution in [1.82, 2.24) is 20.0 Å². The number of hydrogen-bond acceptors (Lipinski definition) is 9. The van der Waals surface area contributed by atoms with Crippen LogP contribution in [-0.2, 0) is 11.3 Å². The molecule has 1 aromatic heterocycles. The molecule has 0 aliphatic carbocycles. The molecule has 3 rings (SSSR count). The third-order valence-electron chi connectivity index (χ3n) is 5.51. The van der Waals surface area contributed by atoms with Crippen molar-refractivity contribution in [3.63, 3.8) is 0 Å². The van der Waals surface area contributed by atoms with Crippen LogP contribution in [0.25, 0.3) is 0 Å². The summed E-state index contributed by atoms with van der Waals surface area (Å²) in [5.41, 5.74) is 10.1. The fourth-order valence-corrected chi connectivity index (χ4v) is 3.57. The molecule has 1 aliphatic heterocycles. The van der Waals surface area contributed by atoms with E-state index in [-0.39, 0.29) is 24.1 Å². The maximum absolute atomic E-state index is 12.1. The summed E-state index contributed by atoms with van der Waals surface area (Å²) in [4.78, 5) is 16.2. The van der Waals surface area contributed by atoms with E-state index in [0.717, 1.165) is 36.4 Å². The third kappa shape index (κ3) is 5.96. The van der Waals surface area contributed by atoms with Gasteiger partial charge >= 0.3 is 12.1 Å². The first-order valence-corrected chi connectivity index (χ1v) is 11.0. The van der Waals surface area contributed by atoms with Gasteiger partial charge in [-0.2, -0.15) is 0 Å². The van der Waals surface area contributed by atoms with E-state index in [9.17, 15) is 9.90 Å². The van der Waals surface area contributed by atoms with Gasteiger partial charge in [0.25, 0.3) is 0 Å². The zero-order valence-electron chi connectivity index (χ0n) is 19.5. The number of aryl methyl sites for hydroxylation is 1. The second kappa shape index (κ2) is 10.3. The minimum absolute atomic E-state index is 0.112. The van der Waals surface area contributed by atoms with Gasteiger partial charge in [-0.15, -0.1) is 5.10 Å². The molecule has 0 spiro atoms. The molecule has 2 aromatic rings. The zero-order valence-corrected chi connectivity index (χ0v) is 19.5. The number of ether oxygens (including phenoxy) is 1. The molecule has 1 saturated heterocycles. The van der Waals surface area contributed by atoms with Gasteiger partial charge in [-0.05, 0) is 57.4 Å². The molecule has 2 heterocycles. The normalized spacial score (nSPS) is 16.8. The van der Waals surface area contributed by atoms with Gasteiger partial charge in [-0.3, -0.25) is 4.90 Å². The van der Waals surface area contributed by atoms with Crippen LogP contribution in [0, 0.1) is 13.8 Å². The van der Waals surface area contributed by atoms with Gasteiger partial charge in [-0.25, -0.2) is 4.79 Å².